The molecule has 0 fully saturated rings. The number of aryl methyl sites for hydroxylation is 1. The zero-order valence-electron chi connectivity index (χ0n) is 10.2. The molecule has 0 unspecified atom stereocenters. The maximum absolute atomic E-state index is 11.1. The molecular formula is C15H19NO. The fourth-order valence-electron chi connectivity index (χ4n) is 1.45. The zero-order chi connectivity index (χ0) is 12.3. The smallest absolute Gasteiger partial charge is 0.243 e. The number of benzene rings is 1. The Hall–Kier alpha value is -1.83. The third-order valence-corrected chi connectivity index (χ3v) is 2.29. The van der Waals surface area contributed by atoms with Gasteiger partial charge in [0.2, 0.25) is 5.91 Å². The Morgan fingerprint density at radius 2 is 2.00 bits per heavy atom. The summed E-state index contributed by atoms with van der Waals surface area (Å²) in [5.41, 5.74) is 1.34. The number of carbonyl (C=O) groups excluding carboxylic acids is 1. The number of hydrogen-bond acceptors (Lipinski definition) is 1. The number of likely N-dealkylation sites (N-methyl/N-ethyl adjacent to an activating group) is 1. The van der Waals surface area contributed by atoms with Crippen molar-refractivity contribution in [1.82, 2.24) is 5.32 Å². The monoisotopic (exact) mass is 229 g/mol. The number of rotatable bonds is 6. The summed E-state index contributed by atoms with van der Waals surface area (Å²) < 4.78 is 0. The van der Waals surface area contributed by atoms with Crippen LogP contribution in [0.5, 0.6) is 0 Å². The zero-order valence-corrected chi connectivity index (χ0v) is 10.2. The second-order valence-corrected chi connectivity index (χ2v) is 3.71. The highest BCUT2D eigenvalue weighted by molar-refractivity contribution is 5.87. The van der Waals surface area contributed by atoms with E-state index in [0.29, 0.717) is 6.54 Å². The Morgan fingerprint density at radius 1 is 1.24 bits per heavy atom. The molecule has 0 bridgehead atoms. The molecule has 2 heteroatoms. The summed E-state index contributed by atoms with van der Waals surface area (Å²) in [6.07, 6.45) is 9.33. The predicted molar refractivity (Wildman–Crippen MR) is 71.7 cm³/mol. The fraction of sp³-hybridized carbons (Fsp3) is 0.267. The SMILES string of the molecule is CCNC(=O)/C=C/C=C/CCc1ccccc1. The number of allylic oxidation sites excluding steroid dienone is 3. The summed E-state index contributed by atoms with van der Waals surface area (Å²) in [6, 6.07) is 10.4. The lowest BCUT2D eigenvalue weighted by molar-refractivity contribution is -0.116. The lowest BCUT2D eigenvalue weighted by Crippen LogP contribution is -2.19. The highest BCUT2D eigenvalue weighted by Crippen LogP contribution is 2.02. The standard InChI is InChI=1S/C15H19NO/c1-2-16-15(17)13-9-4-3-6-10-14-11-7-5-8-12-14/h3-5,7-9,11-13H,2,6,10H2,1H3,(H,16,17)/b4-3+,13-9+. The largest absolute Gasteiger partial charge is 0.353 e. The second-order valence-electron chi connectivity index (χ2n) is 3.71. The van der Waals surface area contributed by atoms with Gasteiger partial charge in [0, 0.05) is 12.6 Å². The van der Waals surface area contributed by atoms with Gasteiger partial charge in [-0.25, -0.2) is 0 Å². The minimum Gasteiger partial charge on any atom is -0.353 e. The van der Waals surface area contributed by atoms with E-state index in [-0.39, 0.29) is 5.91 Å². The third-order valence-electron chi connectivity index (χ3n) is 2.29. The van der Waals surface area contributed by atoms with Crippen LogP contribution in [0.2, 0.25) is 0 Å². The molecule has 0 aliphatic heterocycles. The molecule has 0 spiro atoms. The van der Waals surface area contributed by atoms with Crippen LogP contribution in [0, 0.1) is 0 Å². The fourth-order valence-corrected chi connectivity index (χ4v) is 1.45. The van der Waals surface area contributed by atoms with Gasteiger partial charge in [-0.05, 0) is 25.3 Å². The second kappa shape index (κ2) is 8.34. The molecule has 0 saturated carbocycles. The summed E-state index contributed by atoms with van der Waals surface area (Å²) >= 11 is 0. The van der Waals surface area contributed by atoms with Crippen LogP contribution in [0.25, 0.3) is 0 Å². The average molecular weight is 229 g/mol. The molecule has 0 aromatic heterocycles. The van der Waals surface area contributed by atoms with Gasteiger partial charge in [0.15, 0.2) is 0 Å². The van der Waals surface area contributed by atoms with Gasteiger partial charge >= 0.3 is 0 Å². The molecule has 0 saturated heterocycles. The van der Waals surface area contributed by atoms with E-state index >= 15 is 0 Å². The highest BCUT2D eigenvalue weighted by atomic mass is 16.1. The van der Waals surface area contributed by atoms with Gasteiger partial charge in [-0.3, -0.25) is 4.79 Å². The van der Waals surface area contributed by atoms with Crippen LogP contribution >= 0.6 is 0 Å². The van der Waals surface area contributed by atoms with Crippen LogP contribution in [0.15, 0.2) is 54.6 Å². The lowest BCUT2D eigenvalue weighted by atomic mass is 10.1. The van der Waals surface area contributed by atoms with Crippen LogP contribution in [0.4, 0.5) is 0 Å². The van der Waals surface area contributed by atoms with Gasteiger partial charge in [-0.15, -0.1) is 0 Å². The number of carbonyl (C=O) groups is 1. The molecular weight excluding hydrogens is 210 g/mol. The van der Waals surface area contributed by atoms with E-state index in [0.717, 1.165) is 12.8 Å². The van der Waals surface area contributed by atoms with Crippen molar-refractivity contribution in [2.24, 2.45) is 0 Å². The van der Waals surface area contributed by atoms with E-state index in [1.807, 2.05) is 31.2 Å². The minimum atomic E-state index is -0.0415. The maximum Gasteiger partial charge on any atom is 0.243 e. The molecule has 0 heterocycles. The Balaban J connectivity index is 2.21. The Labute approximate surface area is 103 Å². The molecule has 1 amide bonds. The quantitative estimate of drug-likeness (QED) is 0.590. The van der Waals surface area contributed by atoms with E-state index in [4.69, 9.17) is 0 Å². The molecule has 1 N–H and O–H groups in total. The van der Waals surface area contributed by atoms with Crippen molar-refractivity contribution < 1.29 is 4.79 Å². The predicted octanol–water partition coefficient (Wildman–Crippen LogP) is 2.87. The van der Waals surface area contributed by atoms with Crippen molar-refractivity contribution in [3.8, 4) is 0 Å². The van der Waals surface area contributed by atoms with Crippen LogP contribution in [-0.4, -0.2) is 12.5 Å². The van der Waals surface area contributed by atoms with Crippen LogP contribution in [-0.2, 0) is 11.2 Å². The van der Waals surface area contributed by atoms with Gasteiger partial charge in [-0.2, -0.15) is 0 Å². The Kier molecular flexibility index (Phi) is 6.49. The summed E-state index contributed by atoms with van der Waals surface area (Å²) in [6.45, 7) is 2.57. The maximum atomic E-state index is 11.1. The van der Waals surface area contributed by atoms with Crippen molar-refractivity contribution in [3.63, 3.8) is 0 Å². The molecule has 1 rings (SSSR count). The van der Waals surface area contributed by atoms with E-state index in [9.17, 15) is 4.79 Å². The topological polar surface area (TPSA) is 29.1 Å². The van der Waals surface area contributed by atoms with Gasteiger partial charge < -0.3 is 5.32 Å². The van der Waals surface area contributed by atoms with Crippen molar-refractivity contribution in [2.75, 3.05) is 6.54 Å². The molecule has 0 aliphatic carbocycles. The highest BCUT2D eigenvalue weighted by Gasteiger charge is 1.88. The van der Waals surface area contributed by atoms with E-state index in [2.05, 4.69) is 23.5 Å². The Bertz CT molecular complexity index is 379. The summed E-state index contributed by atoms with van der Waals surface area (Å²) in [7, 11) is 0. The van der Waals surface area contributed by atoms with E-state index in [1.54, 1.807) is 12.2 Å². The average Bonchev–Trinajstić information content (AvgIpc) is 2.35. The van der Waals surface area contributed by atoms with Gasteiger partial charge in [-0.1, -0.05) is 48.6 Å². The van der Waals surface area contributed by atoms with Gasteiger partial charge in [0.05, 0.1) is 0 Å². The molecule has 0 aliphatic rings. The molecule has 0 radical (unpaired) electrons. The van der Waals surface area contributed by atoms with Gasteiger partial charge in [0.25, 0.3) is 0 Å². The first-order valence-corrected chi connectivity index (χ1v) is 5.98. The first-order valence-electron chi connectivity index (χ1n) is 5.98. The summed E-state index contributed by atoms with van der Waals surface area (Å²) in [5, 5.41) is 2.70. The van der Waals surface area contributed by atoms with Crippen LogP contribution < -0.4 is 5.32 Å². The first kappa shape index (κ1) is 13.2. The number of hydrogen-bond donors (Lipinski definition) is 1. The first-order chi connectivity index (χ1) is 8.33. The summed E-state index contributed by atoms with van der Waals surface area (Å²) in [4.78, 5) is 11.1. The molecule has 2 nitrogen and oxygen atoms in total. The van der Waals surface area contributed by atoms with Gasteiger partial charge in [0.1, 0.15) is 0 Å². The van der Waals surface area contributed by atoms with Crippen molar-refractivity contribution in [1.29, 1.82) is 0 Å². The van der Waals surface area contributed by atoms with Crippen molar-refractivity contribution >= 4 is 5.91 Å². The third kappa shape index (κ3) is 6.36. The van der Waals surface area contributed by atoms with E-state index < -0.39 is 0 Å². The molecule has 17 heavy (non-hydrogen) atoms. The number of nitrogens with one attached hydrogen (secondary N) is 1. The molecule has 0 atom stereocenters. The van der Waals surface area contributed by atoms with Crippen LogP contribution in [0.1, 0.15) is 18.9 Å². The normalized spacial score (nSPS) is 11.1. The van der Waals surface area contributed by atoms with Crippen LogP contribution in [0.3, 0.4) is 0 Å². The van der Waals surface area contributed by atoms with Crippen molar-refractivity contribution in [3.05, 3.63) is 60.2 Å². The minimum absolute atomic E-state index is 0.0415. The lowest BCUT2D eigenvalue weighted by Gasteiger charge is -1.95. The molecule has 90 valence electrons. The Morgan fingerprint density at radius 3 is 2.71 bits per heavy atom. The van der Waals surface area contributed by atoms with Crippen molar-refractivity contribution in [2.45, 2.75) is 19.8 Å². The summed E-state index contributed by atoms with van der Waals surface area (Å²) in [5.74, 6) is -0.0415. The molecule has 1 aromatic rings. The van der Waals surface area contributed by atoms with E-state index in [1.165, 1.54) is 5.56 Å². The molecule has 1 aromatic carbocycles. The number of amides is 1.